The van der Waals surface area contributed by atoms with E-state index in [1.165, 1.54) is 5.56 Å². The number of rotatable bonds is 4. The lowest BCUT2D eigenvalue weighted by Gasteiger charge is -2.04. The molecule has 0 atom stereocenters. The largest absolute Gasteiger partial charge is 0.454 e. The summed E-state index contributed by atoms with van der Waals surface area (Å²) < 4.78 is 10.8. The van der Waals surface area contributed by atoms with Crippen LogP contribution in [0.3, 0.4) is 0 Å². The van der Waals surface area contributed by atoms with Crippen LogP contribution in [0.4, 0.5) is 5.69 Å². The minimum absolute atomic E-state index is 0.244. The molecule has 0 amide bonds. The van der Waals surface area contributed by atoms with Gasteiger partial charge in [-0.05, 0) is 55.0 Å². The number of hydrogen-bond donors (Lipinski definition) is 2. The number of nitrogens with zero attached hydrogens (tertiary/aromatic N) is 3. The summed E-state index contributed by atoms with van der Waals surface area (Å²) in [6.07, 6.45) is 1.70. The van der Waals surface area contributed by atoms with E-state index in [9.17, 15) is 0 Å². The van der Waals surface area contributed by atoms with Gasteiger partial charge in [-0.2, -0.15) is 5.10 Å². The number of hydrazone groups is 1. The molecule has 0 fully saturated rings. The fraction of sp³-hybridized carbons (Fsp3) is 0.0870. The molecular formula is C23H19N5O2. The predicted molar refractivity (Wildman–Crippen MR) is 117 cm³/mol. The van der Waals surface area contributed by atoms with Crippen LogP contribution >= 0.6 is 0 Å². The monoisotopic (exact) mass is 397 g/mol. The van der Waals surface area contributed by atoms with Crippen molar-refractivity contribution >= 4 is 28.8 Å². The second-order valence-corrected chi connectivity index (χ2v) is 6.88. The Hall–Kier alpha value is -4.13. The number of ether oxygens (including phenoxy) is 2. The number of aliphatic imine (C=N–C) groups is 1. The maximum absolute atomic E-state index is 5.42. The molecule has 1 aliphatic heterocycles. The Kier molecular flexibility index (Phi) is 4.61. The first-order valence-electron chi connectivity index (χ1n) is 9.54. The SMILES string of the molecule is Cc1ccc(N=C(NN=Cc2ccc3c(c2)OCO3)c2nc3ccccc3[nH]2)cc1. The second kappa shape index (κ2) is 7.71. The number of aryl methyl sites for hydroxylation is 1. The summed E-state index contributed by atoms with van der Waals surface area (Å²) >= 11 is 0. The summed E-state index contributed by atoms with van der Waals surface area (Å²) in [5, 5.41) is 4.37. The molecule has 0 spiro atoms. The van der Waals surface area contributed by atoms with E-state index in [2.05, 4.69) is 20.5 Å². The molecule has 1 aliphatic rings. The first kappa shape index (κ1) is 17.9. The number of H-pyrrole nitrogens is 1. The number of amidine groups is 1. The summed E-state index contributed by atoms with van der Waals surface area (Å²) in [4.78, 5) is 12.6. The molecular weight excluding hydrogens is 378 g/mol. The van der Waals surface area contributed by atoms with E-state index >= 15 is 0 Å². The highest BCUT2D eigenvalue weighted by Gasteiger charge is 2.13. The maximum atomic E-state index is 5.42. The van der Waals surface area contributed by atoms with Crippen LogP contribution in [-0.2, 0) is 0 Å². The summed E-state index contributed by atoms with van der Waals surface area (Å²) in [6.45, 7) is 2.29. The molecule has 30 heavy (non-hydrogen) atoms. The number of aromatic amines is 1. The number of para-hydroxylation sites is 2. The zero-order chi connectivity index (χ0) is 20.3. The van der Waals surface area contributed by atoms with E-state index < -0.39 is 0 Å². The highest BCUT2D eigenvalue weighted by Crippen LogP contribution is 2.31. The molecule has 0 radical (unpaired) electrons. The molecule has 7 heteroatoms. The fourth-order valence-electron chi connectivity index (χ4n) is 3.11. The van der Waals surface area contributed by atoms with Crippen LogP contribution in [0, 0.1) is 6.92 Å². The predicted octanol–water partition coefficient (Wildman–Crippen LogP) is 4.30. The standard InChI is InChI=1S/C23H19N5O2/c1-15-6-9-17(10-7-15)25-23(22-26-18-4-2-3-5-19(18)27-22)28-24-13-16-8-11-20-21(12-16)30-14-29-20/h2-13H,14H2,1H3,(H,25,28)(H,26,27). The Morgan fingerprint density at radius 1 is 1.03 bits per heavy atom. The van der Waals surface area contributed by atoms with Crippen molar-refractivity contribution in [2.45, 2.75) is 6.92 Å². The number of hydrogen-bond acceptors (Lipinski definition) is 5. The van der Waals surface area contributed by atoms with E-state index in [-0.39, 0.29) is 6.79 Å². The lowest BCUT2D eigenvalue weighted by molar-refractivity contribution is 0.174. The van der Waals surface area contributed by atoms with E-state index in [0.29, 0.717) is 17.4 Å². The van der Waals surface area contributed by atoms with Gasteiger partial charge in [0.25, 0.3) is 0 Å². The lowest BCUT2D eigenvalue weighted by atomic mass is 10.2. The summed E-state index contributed by atoms with van der Waals surface area (Å²) in [5.74, 6) is 2.58. The Balaban J connectivity index is 1.45. The normalized spacial score (nSPS) is 13.3. The van der Waals surface area contributed by atoms with Gasteiger partial charge in [0.05, 0.1) is 22.9 Å². The van der Waals surface area contributed by atoms with Crippen LogP contribution in [0.5, 0.6) is 11.5 Å². The van der Waals surface area contributed by atoms with Gasteiger partial charge in [-0.3, -0.25) is 5.43 Å². The Labute approximate surface area is 173 Å². The molecule has 0 saturated carbocycles. The maximum Gasteiger partial charge on any atom is 0.231 e. The number of fused-ring (bicyclic) bond motifs is 2. The van der Waals surface area contributed by atoms with Crippen LogP contribution in [0.2, 0.25) is 0 Å². The van der Waals surface area contributed by atoms with Crippen LogP contribution in [0.25, 0.3) is 11.0 Å². The van der Waals surface area contributed by atoms with E-state index in [4.69, 9.17) is 14.5 Å². The van der Waals surface area contributed by atoms with Crippen molar-refractivity contribution in [2.75, 3.05) is 6.79 Å². The third-order valence-corrected chi connectivity index (χ3v) is 4.67. The zero-order valence-corrected chi connectivity index (χ0v) is 16.3. The first-order valence-corrected chi connectivity index (χ1v) is 9.54. The Morgan fingerprint density at radius 3 is 2.73 bits per heavy atom. The molecule has 2 N–H and O–H groups in total. The summed E-state index contributed by atoms with van der Waals surface area (Å²) in [6, 6.07) is 21.5. The van der Waals surface area contributed by atoms with Gasteiger partial charge in [0.1, 0.15) is 0 Å². The third-order valence-electron chi connectivity index (χ3n) is 4.67. The van der Waals surface area contributed by atoms with Gasteiger partial charge >= 0.3 is 0 Å². The minimum atomic E-state index is 0.244. The quantitative estimate of drug-likeness (QED) is 0.305. The molecule has 5 rings (SSSR count). The number of nitrogens with one attached hydrogen (secondary N) is 2. The van der Waals surface area contributed by atoms with Crippen molar-refractivity contribution in [2.24, 2.45) is 10.1 Å². The molecule has 0 unspecified atom stereocenters. The van der Waals surface area contributed by atoms with Crippen LogP contribution in [-0.4, -0.2) is 28.8 Å². The highest BCUT2D eigenvalue weighted by atomic mass is 16.7. The molecule has 0 bridgehead atoms. The fourth-order valence-corrected chi connectivity index (χ4v) is 3.11. The van der Waals surface area contributed by atoms with Gasteiger partial charge < -0.3 is 14.5 Å². The van der Waals surface area contributed by atoms with Gasteiger partial charge in [0.15, 0.2) is 23.2 Å². The average molecular weight is 397 g/mol. The molecule has 0 aliphatic carbocycles. The van der Waals surface area contributed by atoms with Crippen LogP contribution < -0.4 is 14.9 Å². The molecule has 0 saturated heterocycles. The highest BCUT2D eigenvalue weighted by molar-refractivity contribution is 6.00. The molecule has 148 valence electrons. The number of imidazole rings is 1. The van der Waals surface area contributed by atoms with Crippen molar-refractivity contribution < 1.29 is 9.47 Å². The topological polar surface area (TPSA) is 83.9 Å². The minimum Gasteiger partial charge on any atom is -0.454 e. The number of benzene rings is 3. The first-order chi connectivity index (χ1) is 14.7. The van der Waals surface area contributed by atoms with Gasteiger partial charge in [-0.25, -0.2) is 9.98 Å². The molecule has 4 aromatic rings. The van der Waals surface area contributed by atoms with Crippen LogP contribution in [0.15, 0.2) is 76.8 Å². The van der Waals surface area contributed by atoms with Gasteiger partial charge in [0, 0.05) is 0 Å². The summed E-state index contributed by atoms with van der Waals surface area (Å²) in [7, 11) is 0. The lowest BCUT2D eigenvalue weighted by Crippen LogP contribution is -2.20. The van der Waals surface area contributed by atoms with Gasteiger partial charge in [-0.1, -0.05) is 29.8 Å². The number of aromatic nitrogens is 2. The van der Waals surface area contributed by atoms with Gasteiger partial charge in [-0.15, -0.1) is 0 Å². The molecule has 1 aromatic heterocycles. The van der Waals surface area contributed by atoms with Crippen molar-refractivity contribution in [1.82, 2.24) is 15.4 Å². The van der Waals surface area contributed by atoms with Crippen molar-refractivity contribution in [3.8, 4) is 11.5 Å². The summed E-state index contributed by atoms with van der Waals surface area (Å²) in [5.41, 5.74) is 7.69. The van der Waals surface area contributed by atoms with E-state index in [1.807, 2.05) is 73.7 Å². The van der Waals surface area contributed by atoms with E-state index in [0.717, 1.165) is 28.0 Å². The van der Waals surface area contributed by atoms with Crippen LogP contribution in [0.1, 0.15) is 17.0 Å². The van der Waals surface area contributed by atoms with Crippen molar-refractivity contribution in [1.29, 1.82) is 0 Å². The Morgan fingerprint density at radius 2 is 1.87 bits per heavy atom. The zero-order valence-electron chi connectivity index (χ0n) is 16.3. The Bertz CT molecular complexity index is 1230. The smallest absolute Gasteiger partial charge is 0.231 e. The van der Waals surface area contributed by atoms with Gasteiger partial charge in [0.2, 0.25) is 6.79 Å². The molecule has 3 aromatic carbocycles. The average Bonchev–Trinajstić information content (AvgIpc) is 3.41. The second-order valence-electron chi connectivity index (χ2n) is 6.88. The van der Waals surface area contributed by atoms with Crippen molar-refractivity contribution in [3.63, 3.8) is 0 Å². The molecule has 7 nitrogen and oxygen atoms in total. The van der Waals surface area contributed by atoms with Crippen molar-refractivity contribution in [3.05, 3.63) is 83.7 Å². The molecule has 2 heterocycles. The van der Waals surface area contributed by atoms with E-state index in [1.54, 1.807) is 6.21 Å². The third kappa shape index (κ3) is 3.73.